The molecule has 0 unspecified atom stereocenters. The minimum Gasteiger partial charge on any atom is -0.494 e. The van der Waals surface area contributed by atoms with Gasteiger partial charge in [0.05, 0.1) is 19.4 Å². The summed E-state index contributed by atoms with van der Waals surface area (Å²) in [7, 11) is 1.27. The molecule has 0 amide bonds. The van der Waals surface area contributed by atoms with Crippen LogP contribution < -0.4 is 9.64 Å². The molecular weight excluding hydrogens is 422 g/mol. The number of benzene rings is 2. The summed E-state index contributed by atoms with van der Waals surface area (Å²) in [6.45, 7) is 4.25. The first-order chi connectivity index (χ1) is 13.5. The van der Waals surface area contributed by atoms with Crippen molar-refractivity contribution < 1.29 is 19.1 Å². The number of halogens is 1. The maximum absolute atomic E-state index is 13.0. The van der Waals surface area contributed by atoms with E-state index in [0.717, 1.165) is 21.5 Å². The number of ketones is 1. The zero-order chi connectivity index (χ0) is 20.3. The van der Waals surface area contributed by atoms with Crippen molar-refractivity contribution in [1.29, 1.82) is 0 Å². The van der Waals surface area contributed by atoms with Crippen LogP contribution in [0.3, 0.4) is 0 Å². The monoisotopic (exact) mass is 441 g/mol. The molecule has 3 rings (SSSR count). The van der Waals surface area contributed by atoms with Gasteiger partial charge in [-0.25, -0.2) is 4.79 Å². The molecule has 0 radical (unpaired) electrons. The van der Waals surface area contributed by atoms with Crippen LogP contribution in [0.5, 0.6) is 5.75 Å². The molecule has 0 spiro atoms. The van der Waals surface area contributed by atoms with Crippen molar-refractivity contribution >= 4 is 39.4 Å². The molecule has 0 bridgehead atoms. The first-order valence-electron chi connectivity index (χ1n) is 8.80. The summed E-state index contributed by atoms with van der Waals surface area (Å²) in [6, 6.07) is 15.0. The largest absolute Gasteiger partial charge is 0.494 e. The number of esters is 1. The molecule has 0 fully saturated rings. The van der Waals surface area contributed by atoms with Crippen molar-refractivity contribution in [1.82, 2.24) is 0 Å². The van der Waals surface area contributed by atoms with Gasteiger partial charge in [0.15, 0.2) is 0 Å². The third-order valence-corrected chi connectivity index (χ3v) is 4.90. The Bertz CT molecular complexity index is 959. The Morgan fingerprint density at radius 2 is 1.75 bits per heavy atom. The number of carbonyl (C=O) groups excluding carboxylic acids is 2. The maximum atomic E-state index is 13.0. The van der Waals surface area contributed by atoms with E-state index in [4.69, 9.17) is 9.47 Å². The van der Waals surface area contributed by atoms with Crippen LogP contribution in [0.2, 0.25) is 0 Å². The highest BCUT2D eigenvalue weighted by molar-refractivity contribution is 9.10. The number of hydrogen-bond donors (Lipinski definition) is 0. The van der Waals surface area contributed by atoms with Crippen LogP contribution >= 0.6 is 15.9 Å². The van der Waals surface area contributed by atoms with E-state index in [-0.39, 0.29) is 11.4 Å². The molecule has 0 aliphatic carbocycles. The molecule has 2 aromatic rings. The quantitative estimate of drug-likeness (QED) is 0.381. The summed E-state index contributed by atoms with van der Waals surface area (Å²) in [4.78, 5) is 27.0. The van der Waals surface area contributed by atoms with E-state index >= 15 is 0 Å². The first-order valence-corrected chi connectivity index (χ1v) is 9.59. The predicted octanol–water partition coefficient (Wildman–Crippen LogP) is 4.73. The minimum absolute atomic E-state index is 0.0441. The highest BCUT2D eigenvalue weighted by atomic mass is 79.9. The molecule has 0 aromatic heterocycles. The zero-order valence-electron chi connectivity index (χ0n) is 15.9. The average Bonchev–Trinajstić information content (AvgIpc) is 2.93. The van der Waals surface area contributed by atoms with Crippen molar-refractivity contribution in [3.8, 4) is 5.75 Å². The molecule has 1 aliphatic rings. The van der Waals surface area contributed by atoms with Crippen LogP contribution in [0.4, 0.5) is 5.69 Å². The summed E-state index contributed by atoms with van der Waals surface area (Å²) < 4.78 is 11.2. The second-order valence-electron chi connectivity index (χ2n) is 6.12. The van der Waals surface area contributed by atoms with Gasteiger partial charge in [0.1, 0.15) is 11.3 Å². The van der Waals surface area contributed by atoms with Gasteiger partial charge < -0.3 is 14.4 Å². The number of rotatable bonds is 5. The van der Waals surface area contributed by atoms with Crippen LogP contribution in [-0.4, -0.2) is 25.5 Å². The third-order valence-electron chi connectivity index (χ3n) is 4.37. The van der Waals surface area contributed by atoms with E-state index in [1.807, 2.05) is 55.5 Å². The number of anilines is 1. The SMILES string of the molecule is CCOc1ccc(/C=C2/C(=O)C(C(=O)OC)=C(C)N2c2ccc(Br)cc2)cc1. The second-order valence-corrected chi connectivity index (χ2v) is 7.04. The molecule has 0 saturated carbocycles. The molecule has 1 heterocycles. The Morgan fingerprint density at radius 3 is 2.32 bits per heavy atom. The fraction of sp³-hybridized carbons (Fsp3) is 0.182. The van der Waals surface area contributed by atoms with Gasteiger partial charge in [-0.2, -0.15) is 0 Å². The van der Waals surface area contributed by atoms with Gasteiger partial charge in [-0.1, -0.05) is 28.1 Å². The predicted molar refractivity (Wildman–Crippen MR) is 112 cm³/mol. The van der Waals surface area contributed by atoms with E-state index in [9.17, 15) is 9.59 Å². The van der Waals surface area contributed by atoms with Gasteiger partial charge in [0, 0.05) is 15.9 Å². The molecule has 0 saturated heterocycles. The van der Waals surface area contributed by atoms with Gasteiger partial charge >= 0.3 is 5.97 Å². The average molecular weight is 442 g/mol. The normalized spacial score (nSPS) is 15.4. The number of hydrogen-bond acceptors (Lipinski definition) is 5. The third kappa shape index (κ3) is 3.87. The van der Waals surface area contributed by atoms with E-state index in [1.54, 1.807) is 17.9 Å². The number of allylic oxidation sites excluding steroid dienone is 2. The van der Waals surface area contributed by atoms with Crippen molar-refractivity contribution in [3.05, 3.63) is 75.5 Å². The zero-order valence-corrected chi connectivity index (χ0v) is 17.4. The van der Waals surface area contributed by atoms with Gasteiger partial charge in [0.25, 0.3) is 0 Å². The summed E-state index contributed by atoms with van der Waals surface area (Å²) in [6.07, 6.45) is 1.76. The van der Waals surface area contributed by atoms with Crippen molar-refractivity contribution in [2.45, 2.75) is 13.8 Å². The highest BCUT2D eigenvalue weighted by Crippen LogP contribution is 2.36. The highest BCUT2D eigenvalue weighted by Gasteiger charge is 2.38. The van der Waals surface area contributed by atoms with Crippen LogP contribution in [-0.2, 0) is 14.3 Å². The molecule has 5 nitrogen and oxygen atoms in total. The molecule has 2 aromatic carbocycles. The van der Waals surface area contributed by atoms with Crippen LogP contribution in [0.25, 0.3) is 6.08 Å². The van der Waals surface area contributed by atoms with Crippen LogP contribution in [0.1, 0.15) is 19.4 Å². The van der Waals surface area contributed by atoms with Crippen molar-refractivity contribution in [2.24, 2.45) is 0 Å². The number of nitrogens with zero attached hydrogens (tertiary/aromatic N) is 1. The van der Waals surface area contributed by atoms with Gasteiger partial charge in [0.2, 0.25) is 5.78 Å². The van der Waals surface area contributed by atoms with Crippen LogP contribution in [0.15, 0.2) is 70.0 Å². The molecule has 0 atom stereocenters. The molecule has 1 aliphatic heterocycles. The maximum Gasteiger partial charge on any atom is 0.343 e. The number of Topliss-reactive ketones (excluding diaryl/α,β-unsaturated/α-hetero) is 1. The van der Waals surface area contributed by atoms with E-state index in [2.05, 4.69) is 15.9 Å². The van der Waals surface area contributed by atoms with E-state index in [1.165, 1.54) is 7.11 Å². The number of methoxy groups -OCH3 is 1. The topological polar surface area (TPSA) is 55.8 Å². The minimum atomic E-state index is -0.639. The molecule has 6 heteroatoms. The molecule has 28 heavy (non-hydrogen) atoms. The lowest BCUT2D eigenvalue weighted by Crippen LogP contribution is -2.18. The summed E-state index contributed by atoms with van der Waals surface area (Å²) in [5.74, 6) is -0.238. The smallest absolute Gasteiger partial charge is 0.343 e. The van der Waals surface area contributed by atoms with Gasteiger partial charge in [-0.15, -0.1) is 0 Å². The fourth-order valence-electron chi connectivity index (χ4n) is 3.07. The van der Waals surface area contributed by atoms with Crippen molar-refractivity contribution in [3.63, 3.8) is 0 Å². The molecule has 0 N–H and O–H groups in total. The lowest BCUT2D eigenvalue weighted by Gasteiger charge is -2.21. The van der Waals surface area contributed by atoms with E-state index in [0.29, 0.717) is 18.0 Å². The summed E-state index contributed by atoms with van der Waals surface area (Å²) in [5, 5.41) is 0. The lowest BCUT2D eigenvalue weighted by atomic mass is 10.1. The Hall–Kier alpha value is -2.86. The lowest BCUT2D eigenvalue weighted by molar-refractivity contribution is -0.137. The van der Waals surface area contributed by atoms with Crippen LogP contribution in [0, 0.1) is 0 Å². The number of ether oxygens (including phenoxy) is 2. The van der Waals surface area contributed by atoms with Crippen molar-refractivity contribution in [2.75, 3.05) is 18.6 Å². The fourth-order valence-corrected chi connectivity index (χ4v) is 3.33. The van der Waals surface area contributed by atoms with Gasteiger partial charge in [-0.05, 0) is 61.9 Å². The Kier molecular flexibility index (Phi) is 5.99. The van der Waals surface area contributed by atoms with Gasteiger partial charge in [-0.3, -0.25) is 4.79 Å². The van der Waals surface area contributed by atoms with E-state index < -0.39 is 5.97 Å². The Labute approximate surface area is 172 Å². The summed E-state index contributed by atoms with van der Waals surface area (Å²) in [5.41, 5.74) is 2.58. The molecule has 144 valence electrons. The molecular formula is C22H20BrNO4. The standard InChI is InChI=1S/C22H20BrNO4/c1-4-28-18-11-5-15(6-12-18)13-19-21(25)20(22(26)27-3)14(2)24(19)17-9-7-16(23)8-10-17/h5-13H,4H2,1-3H3/b19-13-. The summed E-state index contributed by atoms with van der Waals surface area (Å²) >= 11 is 3.42. The Balaban J connectivity index is 2.07. The second kappa shape index (κ2) is 8.44. The number of carbonyl (C=O) groups is 2. The first kappa shape index (κ1) is 19.9. The Morgan fingerprint density at radius 1 is 1.11 bits per heavy atom.